The minimum absolute atomic E-state index is 0.100. The van der Waals surface area contributed by atoms with Gasteiger partial charge in [0, 0.05) is 7.05 Å². The first-order valence-electron chi connectivity index (χ1n) is 22.1. The summed E-state index contributed by atoms with van der Waals surface area (Å²) in [6.07, 6.45) is -10.1. The zero-order chi connectivity index (χ0) is 49.7. The number of aryl methyl sites for hydroxylation is 1. The Balaban J connectivity index is 0.895. The molecule has 0 atom stereocenters. The van der Waals surface area contributed by atoms with Crippen LogP contribution in [-0.4, -0.2) is 35.6 Å². The average Bonchev–Trinajstić information content (AvgIpc) is 3.88. The number of carbonyl (C=O) groups is 4. The first-order valence-corrected chi connectivity index (χ1v) is 22.1. The molecular weight excluding hydrogens is 923 g/mol. The van der Waals surface area contributed by atoms with E-state index >= 15 is 0 Å². The Morgan fingerprint density at radius 1 is 0.408 bits per heavy atom. The number of rotatable bonds is 8. The largest absolute Gasteiger partial charge is 0.457 e. The first kappa shape index (κ1) is 44.7. The lowest BCUT2D eigenvalue weighted by molar-refractivity contribution is -0.139. The zero-order valence-electron chi connectivity index (χ0n) is 37.3. The summed E-state index contributed by atoms with van der Waals surface area (Å²) in [7, 11) is 1.43. The second kappa shape index (κ2) is 16.2. The van der Waals surface area contributed by atoms with Crippen LogP contribution in [0.1, 0.15) is 80.4 Å². The van der Waals surface area contributed by atoms with Crippen molar-refractivity contribution in [2.24, 2.45) is 0 Å². The van der Waals surface area contributed by atoms with Crippen LogP contribution < -0.4 is 14.4 Å². The first-order chi connectivity index (χ1) is 33.9. The van der Waals surface area contributed by atoms with E-state index in [1.54, 1.807) is 30.3 Å². The molecular formula is C57H34F6N2O6. The van der Waals surface area contributed by atoms with E-state index in [-0.39, 0.29) is 33.9 Å². The molecule has 8 aromatic rings. The van der Waals surface area contributed by atoms with Crippen molar-refractivity contribution in [2.75, 3.05) is 11.9 Å². The standard InChI is InChI=1S/C57H34F6N2O6/c1-31-11-23-41(49(27-31)56(58,59)60)42-24-16-34(28-50(42)57(61,62)63)65-53(68)44-26-22-38(30-46(44)54(65)69)71-36-19-14-33(15-20-36)55(47-9-5-3-7-39(47)40-8-4-6-10-48(40)55)32-12-17-35(18-13-32)70-37-21-25-43-45(29-37)52(67)64(2)51(43)66/h3-30H,1-2H3. The van der Waals surface area contributed by atoms with Gasteiger partial charge in [0.25, 0.3) is 23.6 Å². The van der Waals surface area contributed by atoms with Crippen molar-refractivity contribution in [3.63, 3.8) is 0 Å². The number of amides is 4. The number of alkyl halides is 6. The second-order valence-electron chi connectivity index (χ2n) is 17.4. The third-order valence-corrected chi connectivity index (χ3v) is 13.3. The number of benzene rings is 8. The molecule has 0 spiro atoms. The molecule has 8 aromatic carbocycles. The number of hydrogen-bond donors (Lipinski definition) is 0. The van der Waals surface area contributed by atoms with Crippen LogP contribution in [0.3, 0.4) is 0 Å². The number of halogens is 6. The highest BCUT2D eigenvalue weighted by Crippen LogP contribution is 2.56. The maximum Gasteiger partial charge on any atom is 0.417 e. The fraction of sp³-hybridized carbons (Fsp3) is 0.0877. The van der Waals surface area contributed by atoms with Gasteiger partial charge in [-0.1, -0.05) is 96.6 Å². The van der Waals surface area contributed by atoms with Gasteiger partial charge in [-0.3, -0.25) is 24.1 Å². The lowest BCUT2D eigenvalue weighted by Gasteiger charge is -2.34. The van der Waals surface area contributed by atoms with Crippen LogP contribution in [0.5, 0.6) is 23.0 Å². The molecule has 0 saturated carbocycles. The van der Waals surface area contributed by atoms with Gasteiger partial charge in [0.15, 0.2) is 0 Å². The smallest absolute Gasteiger partial charge is 0.417 e. The number of anilines is 1. The maximum atomic E-state index is 14.6. The molecule has 3 aliphatic rings. The molecule has 1 aliphatic carbocycles. The topological polar surface area (TPSA) is 93.2 Å². The number of hydrogen-bond acceptors (Lipinski definition) is 6. The highest BCUT2D eigenvalue weighted by molar-refractivity contribution is 6.34. The van der Waals surface area contributed by atoms with Crippen LogP contribution >= 0.6 is 0 Å². The molecule has 0 radical (unpaired) electrons. The summed E-state index contributed by atoms with van der Waals surface area (Å²) in [5.41, 5.74) is 1.01. The third kappa shape index (κ3) is 7.16. The lowest BCUT2D eigenvalue weighted by Crippen LogP contribution is -2.29. The van der Waals surface area contributed by atoms with E-state index in [0.717, 1.165) is 62.5 Å². The Kier molecular flexibility index (Phi) is 10.2. The molecule has 0 fully saturated rings. The molecule has 11 rings (SSSR count). The Bertz CT molecular complexity index is 3540. The van der Waals surface area contributed by atoms with Gasteiger partial charge in [-0.15, -0.1) is 0 Å². The summed E-state index contributed by atoms with van der Waals surface area (Å²) in [4.78, 5) is 54.3. The zero-order valence-corrected chi connectivity index (χ0v) is 37.3. The molecule has 14 heteroatoms. The summed E-state index contributed by atoms with van der Waals surface area (Å²) in [5, 5.41) is 0. The summed E-state index contributed by atoms with van der Waals surface area (Å²) in [5.74, 6) is -1.23. The molecule has 0 aromatic heterocycles. The van der Waals surface area contributed by atoms with E-state index in [2.05, 4.69) is 24.3 Å². The quantitative estimate of drug-likeness (QED) is 0.111. The predicted molar refractivity (Wildman–Crippen MR) is 251 cm³/mol. The van der Waals surface area contributed by atoms with Gasteiger partial charge in [0.1, 0.15) is 23.0 Å². The van der Waals surface area contributed by atoms with Crippen LogP contribution in [0.4, 0.5) is 32.0 Å². The van der Waals surface area contributed by atoms with Gasteiger partial charge >= 0.3 is 12.4 Å². The van der Waals surface area contributed by atoms with Gasteiger partial charge in [0.2, 0.25) is 0 Å². The van der Waals surface area contributed by atoms with Gasteiger partial charge < -0.3 is 9.47 Å². The van der Waals surface area contributed by atoms with E-state index in [1.165, 1.54) is 38.2 Å². The molecule has 0 bridgehead atoms. The van der Waals surface area contributed by atoms with E-state index in [1.807, 2.05) is 60.7 Å². The maximum absolute atomic E-state index is 14.6. The molecule has 0 N–H and O–H groups in total. The third-order valence-electron chi connectivity index (χ3n) is 13.3. The number of carbonyl (C=O) groups excluding carboxylic acids is 4. The molecule has 2 heterocycles. The molecule has 4 amide bonds. The number of fused-ring (bicyclic) bond motifs is 5. The van der Waals surface area contributed by atoms with E-state index in [4.69, 9.17) is 9.47 Å². The van der Waals surface area contributed by atoms with Gasteiger partial charge in [-0.2, -0.15) is 26.3 Å². The average molecular weight is 957 g/mol. The second-order valence-corrected chi connectivity index (χ2v) is 17.4. The molecule has 0 unspecified atom stereocenters. The molecule has 2 aliphatic heterocycles. The minimum Gasteiger partial charge on any atom is -0.457 e. The van der Waals surface area contributed by atoms with Gasteiger partial charge in [0.05, 0.1) is 44.5 Å². The number of ether oxygens (including phenoxy) is 2. The van der Waals surface area contributed by atoms with Gasteiger partial charge in [-0.05, 0) is 130 Å². The highest BCUT2D eigenvalue weighted by atomic mass is 19.4. The lowest BCUT2D eigenvalue weighted by atomic mass is 9.68. The van der Waals surface area contributed by atoms with Crippen molar-refractivity contribution >= 4 is 29.3 Å². The van der Waals surface area contributed by atoms with E-state index in [9.17, 15) is 45.5 Å². The van der Waals surface area contributed by atoms with E-state index < -0.39 is 63.4 Å². The summed E-state index contributed by atoms with van der Waals surface area (Å²) >= 11 is 0. The van der Waals surface area contributed by atoms with Gasteiger partial charge in [-0.25, -0.2) is 4.90 Å². The van der Waals surface area contributed by atoms with Crippen molar-refractivity contribution in [1.29, 1.82) is 0 Å². The minimum atomic E-state index is -5.16. The summed E-state index contributed by atoms with van der Waals surface area (Å²) in [6, 6.07) is 45.5. The van der Waals surface area contributed by atoms with E-state index in [0.29, 0.717) is 33.8 Å². The highest BCUT2D eigenvalue weighted by Gasteiger charge is 2.46. The Labute approximate surface area is 400 Å². The molecule has 71 heavy (non-hydrogen) atoms. The van der Waals surface area contributed by atoms with Crippen LogP contribution in [0.25, 0.3) is 22.3 Å². The molecule has 350 valence electrons. The predicted octanol–water partition coefficient (Wildman–Crippen LogP) is 13.7. The van der Waals surface area contributed by atoms with Crippen molar-refractivity contribution < 1.29 is 55.0 Å². The Morgan fingerprint density at radius 3 is 1.34 bits per heavy atom. The molecule has 0 saturated heterocycles. The number of nitrogens with zero attached hydrogens (tertiary/aromatic N) is 2. The normalized spacial score (nSPS) is 14.6. The fourth-order valence-corrected chi connectivity index (χ4v) is 10.0. The van der Waals surface area contributed by atoms with Crippen LogP contribution in [-0.2, 0) is 17.8 Å². The Morgan fingerprint density at radius 2 is 0.817 bits per heavy atom. The van der Waals surface area contributed by atoms with Crippen molar-refractivity contribution in [3.05, 3.63) is 231 Å². The van der Waals surface area contributed by atoms with Crippen LogP contribution in [0.2, 0.25) is 0 Å². The summed E-state index contributed by atoms with van der Waals surface area (Å²) < 4.78 is 98.4. The monoisotopic (exact) mass is 956 g/mol. The van der Waals surface area contributed by atoms with Crippen molar-refractivity contribution in [2.45, 2.75) is 24.7 Å². The van der Waals surface area contributed by atoms with Crippen LogP contribution in [0, 0.1) is 6.92 Å². The van der Waals surface area contributed by atoms with Crippen LogP contribution in [0.15, 0.2) is 170 Å². The van der Waals surface area contributed by atoms with Crippen molar-refractivity contribution in [3.8, 4) is 45.3 Å². The molecule has 8 nitrogen and oxygen atoms in total. The number of imide groups is 2. The Hall–Kier alpha value is -8.78. The fourth-order valence-electron chi connectivity index (χ4n) is 10.0. The SMILES string of the molecule is Cc1ccc(-c2ccc(N3C(=O)c4ccc(Oc5ccc(C6(c7ccc(Oc8ccc9c(c8)C(=O)N(C)C9=O)cc7)c7ccccc7-c7ccccc76)cc5)cc4C3=O)cc2C(F)(F)F)c(C(F)(F)F)c1. The van der Waals surface area contributed by atoms with Crippen molar-refractivity contribution in [1.82, 2.24) is 4.90 Å². The summed E-state index contributed by atoms with van der Waals surface area (Å²) in [6.45, 7) is 1.39.